The fourth-order valence-electron chi connectivity index (χ4n) is 2.71. The van der Waals surface area contributed by atoms with Gasteiger partial charge in [0.1, 0.15) is 5.54 Å². The Morgan fingerprint density at radius 1 is 1.04 bits per heavy atom. The summed E-state index contributed by atoms with van der Waals surface area (Å²) in [6.07, 6.45) is 0.0895. The number of nitrogens with one attached hydrogen (secondary N) is 1. The number of hydrogen-bond donors (Lipinski definition) is 2. The van der Waals surface area contributed by atoms with E-state index >= 15 is 0 Å². The zero-order chi connectivity index (χ0) is 17.3. The highest BCUT2D eigenvalue weighted by molar-refractivity contribution is 9.10. The second kappa shape index (κ2) is 6.20. The predicted molar refractivity (Wildman–Crippen MR) is 90.9 cm³/mol. The van der Waals surface area contributed by atoms with Gasteiger partial charge in [-0.3, -0.25) is 9.59 Å². The number of aliphatic carboxylic acids is 1. The molecule has 0 radical (unpaired) electrons. The number of hydrogen-bond acceptors (Lipinski definition) is 3. The summed E-state index contributed by atoms with van der Waals surface area (Å²) in [6.45, 7) is 0. The number of halogens is 1. The number of carbonyl (C=O) groups excluding carboxylic acids is 2. The lowest BCUT2D eigenvalue weighted by atomic mass is 10.0. The normalized spacial score (nSPS) is 21.8. The number of carbonyl (C=O) groups is 3. The second-order valence-corrected chi connectivity index (χ2v) is 6.64. The minimum Gasteiger partial charge on any atom is -0.479 e. The first-order valence-corrected chi connectivity index (χ1v) is 8.14. The Kier molecular flexibility index (Phi) is 4.24. The summed E-state index contributed by atoms with van der Waals surface area (Å²) >= 11 is 3.29. The molecule has 5 nitrogen and oxygen atoms in total. The van der Waals surface area contributed by atoms with Crippen molar-refractivity contribution in [2.75, 3.05) is 0 Å². The van der Waals surface area contributed by atoms with Gasteiger partial charge in [-0.05, 0) is 30.7 Å². The lowest BCUT2D eigenvalue weighted by Gasteiger charge is -2.14. The number of Topliss-reactive ketones (excluding diaryl/α,β-unsaturated/α-hetero) is 1. The third-order valence-electron chi connectivity index (χ3n) is 4.14. The van der Waals surface area contributed by atoms with Crippen molar-refractivity contribution < 1.29 is 19.5 Å². The fourth-order valence-corrected chi connectivity index (χ4v) is 3.11. The maximum atomic E-state index is 12.6. The van der Waals surface area contributed by atoms with Gasteiger partial charge < -0.3 is 10.4 Å². The van der Waals surface area contributed by atoms with Gasteiger partial charge in [0.15, 0.2) is 5.78 Å². The van der Waals surface area contributed by atoms with Crippen molar-refractivity contribution in [3.05, 3.63) is 70.2 Å². The van der Waals surface area contributed by atoms with Gasteiger partial charge in [0, 0.05) is 15.6 Å². The molecule has 0 bridgehead atoms. The lowest BCUT2D eigenvalue weighted by Crippen LogP contribution is -2.46. The Labute approximate surface area is 146 Å². The lowest BCUT2D eigenvalue weighted by molar-refractivity contribution is -0.140. The van der Waals surface area contributed by atoms with Gasteiger partial charge in [0.25, 0.3) is 5.91 Å². The largest absolute Gasteiger partial charge is 0.479 e. The zero-order valence-electron chi connectivity index (χ0n) is 12.5. The van der Waals surface area contributed by atoms with E-state index in [4.69, 9.17) is 0 Å². The summed E-state index contributed by atoms with van der Waals surface area (Å²) in [5.41, 5.74) is -0.753. The van der Waals surface area contributed by atoms with Crippen molar-refractivity contribution in [3.63, 3.8) is 0 Å². The molecule has 24 heavy (non-hydrogen) atoms. The first kappa shape index (κ1) is 16.4. The molecular weight excluding hydrogens is 374 g/mol. The van der Waals surface area contributed by atoms with Gasteiger partial charge >= 0.3 is 5.97 Å². The molecule has 0 heterocycles. The van der Waals surface area contributed by atoms with Gasteiger partial charge in [0.2, 0.25) is 0 Å². The van der Waals surface area contributed by atoms with Gasteiger partial charge in [-0.1, -0.05) is 46.3 Å². The van der Waals surface area contributed by atoms with E-state index in [1.807, 2.05) is 0 Å². The van der Waals surface area contributed by atoms with Crippen LogP contribution in [0.1, 0.15) is 27.1 Å². The Morgan fingerprint density at radius 3 is 2.33 bits per heavy atom. The van der Waals surface area contributed by atoms with Crippen molar-refractivity contribution in [1.29, 1.82) is 0 Å². The van der Waals surface area contributed by atoms with Crippen LogP contribution in [0.4, 0.5) is 0 Å². The Balaban J connectivity index is 1.81. The van der Waals surface area contributed by atoms with Crippen LogP contribution in [0, 0.1) is 5.92 Å². The smallest absolute Gasteiger partial charge is 0.330 e. The standard InChI is InChI=1S/C18H14BrNO4/c19-13-8-4-7-12(9-13)15(21)14-10-18(14,17(23)24)20-16(22)11-5-2-1-3-6-11/h1-9,14H,10H2,(H,20,22)(H,23,24). The number of ketones is 1. The number of benzene rings is 2. The van der Waals surface area contributed by atoms with Gasteiger partial charge in [-0.15, -0.1) is 0 Å². The third kappa shape index (κ3) is 2.97. The Hall–Kier alpha value is -2.47. The van der Waals surface area contributed by atoms with E-state index in [1.54, 1.807) is 54.6 Å². The molecule has 3 rings (SSSR count). The van der Waals surface area contributed by atoms with Crippen LogP contribution in [0.3, 0.4) is 0 Å². The minimum absolute atomic E-state index is 0.0895. The molecule has 1 aliphatic carbocycles. The highest BCUT2D eigenvalue weighted by Gasteiger charge is 2.65. The van der Waals surface area contributed by atoms with E-state index in [9.17, 15) is 19.5 Å². The van der Waals surface area contributed by atoms with Crippen molar-refractivity contribution in [1.82, 2.24) is 5.32 Å². The van der Waals surface area contributed by atoms with E-state index in [1.165, 1.54) is 0 Å². The fraction of sp³-hybridized carbons (Fsp3) is 0.167. The van der Waals surface area contributed by atoms with Crippen LogP contribution in [0.15, 0.2) is 59.1 Å². The van der Waals surface area contributed by atoms with E-state index < -0.39 is 23.3 Å². The molecule has 0 aliphatic heterocycles. The maximum Gasteiger partial charge on any atom is 0.330 e. The molecule has 0 aromatic heterocycles. The van der Waals surface area contributed by atoms with E-state index in [2.05, 4.69) is 21.2 Å². The van der Waals surface area contributed by atoms with Crippen LogP contribution in [0.5, 0.6) is 0 Å². The van der Waals surface area contributed by atoms with Crippen LogP contribution in [-0.4, -0.2) is 28.3 Å². The quantitative estimate of drug-likeness (QED) is 0.772. The first-order valence-electron chi connectivity index (χ1n) is 7.35. The van der Waals surface area contributed by atoms with Crippen LogP contribution >= 0.6 is 15.9 Å². The molecule has 1 aliphatic rings. The summed E-state index contributed by atoms with van der Waals surface area (Å²) in [5.74, 6) is -2.74. The van der Waals surface area contributed by atoms with E-state index in [0.717, 1.165) is 4.47 Å². The Morgan fingerprint density at radius 2 is 1.71 bits per heavy atom. The van der Waals surface area contributed by atoms with Crippen molar-refractivity contribution in [2.24, 2.45) is 5.92 Å². The summed E-state index contributed by atoms with van der Waals surface area (Å²) in [6, 6.07) is 15.1. The molecule has 2 aromatic rings. The van der Waals surface area contributed by atoms with Crippen molar-refractivity contribution >= 4 is 33.6 Å². The summed E-state index contributed by atoms with van der Waals surface area (Å²) in [7, 11) is 0. The van der Waals surface area contributed by atoms with Crippen LogP contribution in [0.2, 0.25) is 0 Å². The van der Waals surface area contributed by atoms with E-state index in [-0.39, 0.29) is 12.2 Å². The maximum absolute atomic E-state index is 12.6. The molecule has 0 spiro atoms. The summed E-state index contributed by atoms with van der Waals surface area (Å²) in [5, 5.41) is 12.1. The molecule has 122 valence electrons. The predicted octanol–water partition coefficient (Wildman–Crippen LogP) is 2.91. The molecule has 6 heteroatoms. The molecule has 2 atom stereocenters. The zero-order valence-corrected chi connectivity index (χ0v) is 14.1. The highest BCUT2D eigenvalue weighted by Crippen LogP contribution is 2.46. The average Bonchev–Trinajstić information content (AvgIpc) is 3.30. The number of rotatable bonds is 5. The molecule has 2 unspecified atom stereocenters. The van der Waals surface area contributed by atoms with Crippen LogP contribution in [-0.2, 0) is 4.79 Å². The SMILES string of the molecule is O=C(NC1(C(=O)O)CC1C(=O)c1cccc(Br)c1)c1ccccc1. The topological polar surface area (TPSA) is 83.5 Å². The molecular formula is C18H14BrNO4. The van der Waals surface area contributed by atoms with Crippen LogP contribution < -0.4 is 5.32 Å². The number of carboxylic acid groups (broad SMARTS) is 1. The number of amides is 1. The van der Waals surface area contributed by atoms with E-state index in [0.29, 0.717) is 11.1 Å². The minimum atomic E-state index is -1.54. The number of carboxylic acids is 1. The molecule has 1 amide bonds. The molecule has 2 N–H and O–H groups in total. The second-order valence-electron chi connectivity index (χ2n) is 5.73. The highest BCUT2D eigenvalue weighted by atomic mass is 79.9. The summed E-state index contributed by atoms with van der Waals surface area (Å²) in [4.78, 5) is 36.5. The van der Waals surface area contributed by atoms with Crippen molar-refractivity contribution in [2.45, 2.75) is 12.0 Å². The van der Waals surface area contributed by atoms with Gasteiger partial charge in [-0.2, -0.15) is 0 Å². The Bertz CT molecular complexity index is 821. The third-order valence-corrected chi connectivity index (χ3v) is 4.63. The molecule has 1 fully saturated rings. The molecule has 2 aromatic carbocycles. The first-order chi connectivity index (χ1) is 11.4. The summed E-state index contributed by atoms with van der Waals surface area (Å²) < 4.78 is 0.739. The molecule has 0 saturated heterocycles. The average molecular weight is 388 g/mol. The van der Waals surface area contributed by atoms with Gasteiger partial charge in [-0.25, -0.2) is 4.79 Å². The molecule has 1 saturated carbocycles. The van der Waals surface area contributed by atoms with Gasteiger partial charge in [0.05, 0.1) is 5.92 Å². The van der Waals surface area contributed by atoms with Crippen LogP contribution in [0.25, 0.3) is 0 Å². The monoisotopic (exact) mass is 387 g/mol. The van der Waals surface area contributed by atoms with Crippen molar-refractivity contribution in [3.8, 4) is 0 Å².